The van der Waals surface area contributed by atoms with Crippen molar-refractivity contribution in [2.45, 2.75) is 11.9 Å². The smallest absolute Gasteiger partial charge is 0.259 e. The van der Waals surface area contributed by atoms with Gasteiger partial charge < -0.3 is 0 Å². The van der Waals surface area contributed by atoms with Gasteiger partial charge in [0.05, 0.1) is 0 Å². The quantitative estimate of drug-likeness (QED) is 0.742. The van der Waals surface area contributed by atoms with E-state index in [2.05, 4.69) is 0 Å². The van der Waals surface area contributed by atoms with Crippen molar-refractivity contribution in [3.05, 3.63) is 35.6 Å². The predicted octanol–water partition coefficient (Wildman–Crippen LogP) is 2.64. The predicted molar refractivity (Wildman–Crippen MR) is 49.2 cm³/mol. The summed E-state index contributed by atoms with van der Waals surface area (Å²) < 4.78 is 59.1. The van der Waals surface area contributed by atoms with Gasteiger partial charge in [-0.1, -0.05) is 12.1 Å². The van der Waals surface area contributed by atoms with E-state index in [4.69, 9.17) is 0 Å². The van der Waals surface area contributed by atoms with Gasteiger partial charge in [-0.25, -0.2) is 4.39 Å². The maximum Gasteiger partial charge on any atom is 0.400 e. The molecule has 0 aromatic heterocycles. The van der Waals surface area contributed by atoms with Crippen LogP contribution in [0.2, 0.25) is 0 Å². The van der Waals surface area contributed by atoms with E-state index in [0.29, 0.717) is 5.56 Å². The van der Waals surface area contributed by atoms with Crippen LogP contribution in [0.1, 0.15) is 5.56 Å². The Balaban J connectivity index is 2.59. The molecule has 0 aliphatic carbocycles. The zero-order chi connectivity index (χ0) is 11.5. The number of hydrogen-bond donors (Lipinski definition) is 0. The Bertz CT molecular complexity index is 361. The largest absolute Gasteiger partial charge is 0.400 e. The zero-order valence-corrected chi connectivity index (χ0v) is 8.37. The zero-order valence-electron chi connectivity index (χ0n) is 7.55. The van der Waals surface area contributed by atoms with E-state index in [0.717, 1.165) is 6.07 Å². The summed E-state index contributed by atoms with van der Waals surface area (Å²) in [5.41, 5.74) is 0.303. The minimum atomic E-state index is -4.45. The second kappa shape index (κ2) is 4.74. The molecule has 0 saturated heterocycles. The molecular weight excluding hydrogens is 232 g/mol. The molecule has 1 aromatic carbocycles. The van der Waals surface area contributed by atoms with Crippen LogP contribution in [0, 0.1) is 5.82 Å². The Kier molecular flexibility index (Phi) is 3.84. The van der Waals surface area contributed by atoms with Crippen LogP contribution in [0.5, 0.6) is 0 Å². The van der Waals surface area contributed by atoms with Crippen LogP contribution in [0.25, 0.3) is 0 Å². The van der Waals surface area contributed by atoms with Gasteiger partial charge in [-0.3, -0.25) is 4.21 Å². The van der Waals surface area contributed by atoms with Gasteiger partial charge in [0.1, 0.15) is 11.6 Å². The van der Waals surface area contributed by atoms with Crippen LogP contribution in [-0.4, -0.2) is 16.1 Å². The third-order valence-corrected chi connectivity index (χ3v) is 2.85. The lowest BCUT2D eigenvalue weighted by atomic mass is 10.2. The summed E-state index contributed by atoms with van der Waals surface area (Å²) in [6.07, 6.45) is -4.45. The second-order valence-electron chi connectivity index (χ2n) is 2.97. The molecule has 0 amide bonds. The van der Waals surface area contributed by atoms with Crippen LogP contribution >= 0.6 is 0 Å². The summed E-state index contributed by atoms with van der Waals surface area (Å²) in [6, 6.07) is 5.07. The minimum Gasteiger partial charge on any atom is -0.259 e. The molecule has 1 unspecified atom stereocenters. The Hall–Kier alpha value is -0.910. The first kappa shape index (κ1) is 12.2. The van der Waals surface area contributed by atoms with Gasteiger partial charge in [0, 0.05) is 16.6 Å². The summed E-state index contributed by atoms with van der Waals surface area (Å²) in [5.74, 6) is -2.18. The molecule has 1 nitrogen and oxygen atoms in total. The number of halogens is 4. The fourth-order valence-corrected chi connectivity index (χ4v) is 2.06. The molecule has 0 saturated carbocycles. The first-order valence-electron chi connectivity index (χ1n) is 4.03. The Morgan fingerprint density at radius 1 is 1.27 bits per heavy atom. The summed E-state index contributed by atoms with van der Waals surface area (Å²) in [5, 5.41) is 0. The van der Waals surface area contributed by atoms with Crippen molar-refractivity contribution in [1.82, 2.24) is 0 Å². The molecule has 15 heavy (non-hydrogen) atoms. The molecule has 1 rings (SSSR count). The van der Waals surface area contributed by atoms with Crippen LogP contribution in [-0.2, 0) is 16.6 Å². The molecule has 0 aliphatic heterocycles. The molecule has 0 bridgehead atoms. The fraction of sp³-hybridized carbons (Fsp3) is 0.333. The highest BCUT2D eigenvalue weighted by atomic mass is 32.2. The third-order valence-electron chi connectivity index (χ3n) is 1.54. The molecule has 84 valence electrons. The van der Waals surface area contributed by atoms with Gasteiger partial charge in [-0.15, -0.1) is 0 Å². The van der Waals surface area contributed by atoms with E-state index in [1.807, 2.05) is 0 Å². The third kappa shape index (κ3) is 4.92. The van der Waals surface area contributed by atoms with Crippen LogP contribution in [0.15, 0.2) is 24.3 Å². The van der Waals surface area contributed by atoms with E-state index in [1.165, 1.54) is 18.2 Å². The molecule has 1 aromatic rings. The van der Waals surface area contributed by atoms with Crippen LogP contribution in [0.3, 0.4) is 0 Å². The van der Waals surface area contributed by atoms with E-state index in [9.17, 15) is 21.8 Å². The molecule has 0 radical (unpaired) electrons. The monoisotopic (exact) mass is 240 g/mol. The van der Waals surface area contributed by atoms with Crippen LogP contribution < -0.4 is 0 Å². The van der Waals surface area contributed by atoms with E-state index in [1.54, 1.807) is 0 Å². The average molecular weight is 240 g/mol. The van der Waals surface area contributed by atoms with E-state index < -0.39 is 28.5 Å². The molecule has 0 aliphatic rings. The summed E-state index contributed by atoms with van der Waals surface area (Å²) in [4.78, 5) is 0. The second-order valence-corrected chi connectivity index (χ2v) is 4.43. The molecule has 1 atom stereocenters. The molecule has 6 heteroatoms. The summed E-state index contributed by atoms with van der Waals surface area (Å²) in [6.45, 7) is 0. The standard InChI is InChI=1S/C9H8F4OS/c10-8-3-1-2-7(4-8)5-15(14)6-9(11,12)13/h1-4H,5-6H2. The molecular formula is C9H8F4OS. The minimum absolute atomic E-state index is 0.280. The van der Waals surface area contributed by atoms with Crippen molar-refractivity contribution in [1.29, 1.82) is 0 Å². The summed E-state index contributed by atoms with van der Waals surface area (Å²) >= 11 is 0. The molecule has 0 N–H and O–H groups in total. The topological polar surface area (TPSA) is 17.1 Å². The first-order valence-corrected chi connectivity index (χ1v) is 5.52. The number of hydrogen-bond acceptors (Lipinski definition) is 1. The van der Waals surface area contributed by atoms with Gasteiger partial charge in [0.2, 0.25) is 0 Å². The molecule has 0 spiro atoms. The normalized spacial score (nSPS) is 13.9. The van der Waals surface area contributed by atoms with Crippen molar-refractivity contribution in [2.24, 2.45) is 0 Å². The van der Waals surface area contributed by atoms with Crippen LogP contribution in [0.4, 0.5) is 17.6 Å². The Labute approximate surface area is 86.6 Å². The lowest BCUT2D eigenvalue weighted by molar-refractivity contribution is -0.105. The van der Waals surface area contributed by atoms with Crippen molar-refractivity contribution in [3.63, 3.8) is 0 Å². The van der Waals surface area contributed by atoms with Gasteiger partial charge >= 0.3 is 6.18 Å². The van der Waals surface area contributed by atoms with Gasteiger partial charge in [-0.05, 0) is 17.7 Å². The number of rotatable bonds is 3. The molecule has 0 heterocycles. The Morgan fingerprint density at radius 2 is 1.93 bits per heavy atom. The maximum atomic E-state index is 12.6. The summed E-state index contributed by atoms with van der Waals surface area (Å²) in [7, 11) is -2.04. The highest BCUT2D eigenvalue weighted by Crippen LogP contribution is 2.17. The van der Waals surface area contributed by atoms with E-state index in [-0.39, 0.29) is 5.75 Å². The van der Waals surface area contributed by atoms with Crippen molar-refractivity contribution >= 4 is 10.8 Å². The number of benzene rings is 1. The number of alkyl halides is 3. The Morgan fingerprint density at radius 3 is 2.47 bits per heavy atom. The lowest BCUT2D eigenvalue weighted by Crippen LogP contribution is -2.19. The van der Waals surface area contributed by atoms with Gasteiger partial charge in [0.25, 0.3) is 0 Å². The average Bonchev–Trinajstić information content (AvgIpc) is 1.99. The fourth-order valence-electron chi connectivity index (χ4n) is 1.05. The highest BCUT2D eigenvalue weighted by molar-refractivity contribution is 7.84. The SMILES string of the molecule is O=S(Cc1cccc(F)c1)CC(F)(F)F. The van der Waals surface area contributed by atoms with Gasteiger partial charge in [0.15, 0.2) is 0 Å². The van der Waals surface area contributed by atoms with Gasteiger partial charge in [-0.2, -0.15) is 13.2 Å². The maximum absolute atomic E-state index is 12.6. The van der Waals surface area contributed by atoms with Crippen molar-refractivity contribution in [3.8, 4) is 0 Å². The van der Waals surface area contributed by atoms with E-state index >= 15 is 0 Å². The van der Waals surface area contributed by atoms with Crippen molar-refractivity contribution < 1.29 is 21.8 Å². The molecule has 0 fully saturated rings. The lowest BCUT2D eigenvalue weighted by Gasteiger charge is -2.06. The first-order chi connectivity index (χ1) is 6.87. The highest BCUT2D eigenvalue weighted by Gasteiger charge is 2.30. The van der Waals surface area contributed by atoms with Crippen molar-refractivity contribution in [2.75, 3.05) is 5.75 Å².